The van der Waals surface area contributed by atoms with E-state index < -0.39 is 0 Å². The van der Waals surface area contributed by atoms with Gasteiger partial charge in [-0.15, -0.1) is 0 Å². The van der Waals surface area contributed by atoms with E-state index in [1.165, 1.54) is 50.1 Å². The highest BCUT2D eigenvalue weighted by atomic mass is 14.8. The number of nitrogens with zero attached hydrogens (tertiary/aromatic N) is 1. The number of rotatable bonds is 15. The van der Waals surface area contributed by atoms with Crippen LogP contribution in [-0.4, -0.2) is 5.71 Å². The molecule has 0 aromatic heterocycles. The van der Waals surface area contributed by atoms with E-state index in [1.807, 2.05) is 24.3 Å². The second-order valence-electron chi connectivity index (χ2n) is 15.1. The maximum Gasteiger partial charge on any atom is 0.0711 e. The first kappa shape index (κ1) is 42.5. The van der Waals surface area contributed by atoms with E-state index in [1.54, 1.807) is 6.08 Å². The van der Waals surface area contributed by atoms with Crippen LogP contribution in [0.5, 0.6) is 0 Å². The SMILES string of the molecule is C=C/C=C\C=C/Cc1c(C(/C=C\C)=C/C)c(-c2ccc(C(=C/C(=C)c3cccc(-c4ccccc4)c3)/N=C(\C)c3ccccc3)cc2)cc(-c2ccccc2)c1-c1ccccc1. The number of aliphatic imine (C=N–C) groups is 1. The monoisotopic (exact) mass is 799 g/mol. The van der Waals surface area contributed by atoms with Crippen molar-refractivity contribution in [2.24, 2.45) is 4.99 Å². The number of allylic oxidation sites excluding steroid dienone is 11. The zero-order valence-corrected chi connectivity index (χ0v) is 36.0. The van der Waals surface area contributed by atoms with Crippen LogP contribution < -0.4 is 0 Å². The second kappa shape index (κ2) is 21.1. The van der Waals surface area contributed by atoms with Gasteiger partial charge in [-0.3, -0.25) is 4.99 Å². The Morgan fingerprint density at radius 2 is 1.13 bits per heavy atom. The third-order valence-electron chi connectivity index (χ3n) is 11.0. The first-order chi connectivity index (χ1) is 30.5. The number of hydrogen-bond donors (Lipinski definition) is 0. The summed E-state index contributed by atoms with van der Waals surface area (Å²) in [6, 6.07) is 62.3. The quantitative estimate of drug-likeness (QED) is 0.0724. The molecule has 0 unspecified atom stereocenters. The molecular weight excluding hydrogens is 747 g/mol. The molecule has 1 heteroatoms. The molecule has 7 aromatic rings. The molecule has 0 saturated carbocycles. The van der Waals surface area contributed by atoms with E-state index in [4.69, 9.17) is 4.99 Å². The first-order valence-electron chi connectivity index (χ1n) is 21.3. The van der Waals surface area contributed by atoms with Gasteiger partial charge in [0.1, 0.15) is 0 Å². The van der Waals surface area contributed by atoms with Gasteiger partial charge in [0.15, 0.2) is 0 Å². The van der Waals surface area contributed by atoms with Gasteiger partial charge in [0.2, 0.25) is 0 Å². The summed E-state index contributed by atoms with van der Waals surface area (Å²) in [6.07, 6.45) is 19.6. The predicted octanol–water partition coefficient (Wildman–Crippen LogP) is 16.7. The Bertz CT molecular complexity index is 2810. The molecule has 0 amide bonds. The van der Waals surface area contributed by atoms with Crippen molar-refractivity contribution in [1.29, 1.82) is 0 Å². The van der Waals surface area contributed by atoms with E-state index >= 15 is 0 Å². The van der Waals surface area contributed by atoms with Crippen molar-refractivity contribution in [2.45, 2.75) is 27.2 Å². The molecule has 7 aromatic carbocycles. The van der Waals surface area contributed by atoms with Crippen LogP contribution in [0.15, 0.2) is 249 Å². The molecule has 7 rings (SSSR count). The topological polar surface area (TPSA) is 12.4 Å². The number of benzene rings is 7. The molecule has 0 aliphatic rings. The maximum absolute atomic E-state index is 5.30. The molecule has 0 radical (unpaired) electrons. The van der Waals surface area contributed by atoms with Gasteiger partial charge in [-0.1, -0.05) is 226 Å². The smallest absolute Gasteiger partial charge is 0.0711 e. The fourth-order valence-electron chi connectivity index (χ4n) is 7.89. The van der Waals surface area contributed by atoms with Crippen molar-refractivity contribution in [2.75, 3.05) is 0 Å². The Balaban J connectivity index is 1.42. The lowest BCUT2D eigenvalue weighted by Crippen LogP contribution is -2.02. The summed E-state index contributed by atoms with van der Waals surface area (Å²) in [5.74, 6) is 0. The van der Waals surface area contributed by atoms with Gasteiger partial charge in [0.05, 0.1) is 5.70 Å². The van der Waals surface area contributed by atoms with Gasteiger partial charge in [0, 0.05) is 11.3 Å². The van der Waals surface area contributed by atoms with Crippen molar-refractivity contribution >= 4 is 22.6 Å². The van der Waals surface area contributed by atoms with E-state index in [2.05, 4.69) is 234 Å². The summed E-state index contributed by atoms with van der Waals surface area (Å²) >= 11 is 0. The average molecular weight is 800 g/mol. The Hall–Kier alpha value is -7.61. The van der Waals surface area contributed by atoms with Gasteiger partial charge in [-0.05, 0) is 123 Å². The fraction of sp³-hybridized carbons (Fsp3) is 0.0656. The largest absolute Gasteiger partial charge is 0.252 e. The fourth-order valence-corrected chi connectivity index (χ4v) is 7.89. The summed E-state index contributed by atoms with van der Waals surface area (Å²) < 4.78 is 0. The van der Waals surface area contributed by atoms with E-state index in [0.29, 0.717) is 0 Å². The highest BCUT2D eigenvalue weighted by molar-refractivity contribution is 6.03. The first-order valence-corrected chi connectivity index (χ1v) is 21.3. The average Bonchev–Trinajstić information content (AvgIpc) is 3.33. The van der Waals surface area contributed by atoms with Crippen LogP contribution in [0, 0.1) is 0 Å². The third kappa shape index (κ3) is 10.2. The molecule has 1 nitrogen and oxygen atoms in total. The van der Waals surface area contributed by atoms with Gasteiger partial charge in [-0.25, -0.2) is 0 Å². The Labute approximate surface area is 369 Å². The second-order valence-corrected chi connectivity index (χ2v) is 15.1. The molecule has 302 valence electrons. The lowest BCUT2D eigenvalue weighted by molar-refractivity contribution is 1.25. The molecule has 0 heterocycles. The van der Waals surface area contributed by atoms with E-state index in [0.717, 1.165) is 51.2 Å². The zero-order valence-electron chi connectivity index (χ0n) is 36.0. The zero-order chi connectivity index (χ0) is 43.1. The molecule has 0 spiro atoms. The van der Waals surface area contributed by atoms with Gasteiger partial charge in [-0.2, -0.15) is 0 Å². The van der Waals surface area contributed by atoms with Crippen LogP contribution in [0.2, 0.25) is 0 Å². The Kier molecular flexibility index (Phi) is 14.4. The molecule has 0 aliphatic carbocycles. The van der Waals surface area contributed by atoms with Gasteiger partial charge < -0.3 is 0 Å². The van der Waals surface area contributed by atoms with Crippen molar-refractivity contribution in [3.63, 3.8) is 0 Å². The summed E-state index contributed by atoms with van der Waals surface area (Å²) in [4.78, 5) is 5.30. The van der Waals surface area contributed by atoms with Crippen LogP contribution in [0.3, 0.4) is 0 Å². The summed E-state index contributed by atoms with van der Waals surface area (Å²) in [6.45, 7) is 14.7. The van der Waals surface area contributed by atoms with Crippen LogP contribution in [0.4, 0.5) is 0 Å². The molecule has 0 fully saturated rings. The lowest BCUT2D eigenvalue weighted by Gasteiger charge is -2.24. The normalized spacial score (nSPS) is 12.4. The lowest BCUT2D eigenvalue weighted by atomic mass is 9.79. The highest BCUT2D eigenvalue weighted by Crippen LogP contribution is 2.45. The van der Waals surface area contributed by atoms with Crippen LogP contribution in [0.25, 0.3) is 61.4 Å². The van der Waals surface area contributed by atoms with E-state index in [-0.39, 0.29) is 0 Å². The molecule has 0 atom stereocenters. The maximum atomic E-state index is 5.30. The Morgan fingerprint density at radius 1 is 0.548 bits per heavy atom. The van der Waals surface area contributed by atoms with Crippen molar-refractivity contribution < 1.29 is 0 Å². The van der Waals surface area contributed by atoms with Gasteiger partial charge in [0.25, 0.3) is 0 Å². The molecule has 62 heavy (non-hydrogen) atoms. The summed E-state index contributed by atoms with van der Waals surface area (Å²) in [5.41, 5.74) is 18.9. The van der Waals surface area contributed by atoms with Crippen LogP contribution in [-0.2, 0) is 6.42 Å². The number of hydrogen-bond acceptors (Lipinski definition) is 1. The highest BCUT2D eigenvalue weighted by Gasteiger charge is 2.22. The standard InChI is InChI=1S/C61H53N/c1-6-9-10-11-24-37-56-60(47(8-3)26-7-2)58(44-57(50-31-20-14-21-32-50)61(56)53-33-22-15-23-34-53)51-38-40-52(41-39-51)59(62-46(5)48-27-16-12-17-28-48)42-45(4)54-35-25-36-55(43-54)49-29-18-13-19-30-49/h6-36,38-44H,1,4,37H2,2-3,5H3/b10-9-,24-11-,26-7-,47-8+,59-42-,62-46+. The van der Waals surface area contributed by atoms with Gasteiger partial charge >= 0.3 is 0 Å². The minimum Gasteiger partial charge on any atom is -0.252 e. The van der Waals surface area contributed by atoms with Crippen LogP contribution >= 0.6 is 0 Å². The van der Waals surface area contributed by atoms with Crippen molar-refractivity contribution in [3.8, 4) is 44.5 Å². The van der Waals surface area contributed by atoms with Crippen molar-refractivity contribution in [1.82, 2.24) is 0 Å². The predicted molar refractivity (Wildman–Crippen MR) is 271 cm³/mol. The summed E-state index contributed by atoms with van der Waals surface area (Å²) in [5, 5.41) is 0. The van der Waals surface area contributed by atoms with Crippen LogP contribution in [0.1, 0.15) is 48.6 Å². The molecule has 0 saturated heterocycles. The molecule has 0 bridgehead atoms. The van der Waals surface area contributed by atoms with Crippen molar-refractivity contribution in [3.05, 3.63) is 272 Å². The molecular formula is C61H53N. The molecule has 0 N–H and O–H groups in total. The minimum atomic E-state index is 0.732. The van der Waals surface area contributed by atoms with E-state index in [9.17, 15) is 0 Å². The minimum absolute atomic E-state index is 0.732. The third-order valence-corrected chi connectivity index (χ3v) is 11.0. The summed E-state index contributed by atoms with van der Waals surface area (Å²) in [7, 11) is 0. The Morgan fingerprint density at radius 3 is 1.76 bits per heavy atom. The molecule has 0 aliphatic heterocycles.